The van der Waals surface area contributed by atoms with Gasteiger partial charge < -0.3 is 5.32 Å². The minimum Gasteiger partial charge on any atom is -0.313 e. The maximum Gasteiger partial charge on any atom is 0.0186 e. The smallest absolute Gasteiger partial charge is 0.0186 e. The Morgan fingerprint density at radius 1 is 1.30 bits per heavy atom. The summed E-state index contributed by atoms with van der Waals surface area (Å²) in [5.41, 5.74) is 0. The number of hydrogen-bond acceptors (Lipinski definition) is 3. The number of hydrogen-bond donors (Lipinski definition) is 1. The number of thiophene rings is 1. The summed E-state index contributed by atoms with van der Waals surface area (Å²) in [5.74, 6) is 1.12. The van der Waals surface area contributed by atoms with E-state index in [1.54, 1.807) is 0 Å². The molecule has 0 radical (unpaired) electrons. The van der Waals surface area contributed by atoms with Crippen LogP contribution in [-0.4, -0.2) is 18.3 Å². The first-order valence-corrected chi connectivity index (χ1v) is 9.58. The Bertz CT molecular complexity index is 499. The van der Waals surface area contributed by atoms with E-state index in [0.717, 1.165) is 16.8 Å². The van der Waals surface area contributed by atoms with Gasteiger partial charge in [-0.2, -0.15) is 0 Å². The largest absolute Gasteiger partial charge is 0.313 e. The van der Waals surface area contributed by atoms with Gasteiger partial charge in [0.05, 0.1) is 0 Å². The number of rotatable bonds is 8. The molecular formula is C16H20BrNS2. The first-order chi connectivity index (χ1) is 9.78. The fraction of sp³-hybridized carbons (Fsp3) is 0.375. The van der Waals surface area contributed by atoms with E-state index in [0.29, 0.717) is 6.04 Å². The molecule has 1 atom stereocenters. The van der Waals surface area contributed by atoms with Gasteiger partial charge in [0.15, 0.2) is 0 Å². The first kappa shape index (κ1) is 16.1. The van der Waals surface area contributed by atoms with Crippen LogP contribution < -0.4 is 5.32 Å². The van der Waals surface area contributed by atoms with Gasteiger partial charge in [-0.1, -0.05) is 35.0 Å². The molecule has 0 aliphatic heterocycles. The fourth-order valence-electron chi connectivity index (χ4n) is 2.06. The van der Waals surface area contributed by atoms with Crippen molar-refractivity contribution in [2.24, 2.45) is 0 Å². The number of benzene rings is 1. The molecule has 0 saturated heterocycles. The third-order valence-electron chi connectivity index (χ3n) is 3.06. The van der Waals surface area contributed by atoms with Gasteiger partial charge in [0.25, 0.3) is 0 Å². The molecule has 0 fully saturated rings. The lowest BCUT2D eigenvalue weighted by atomic mass is 10.1. The van der Waals surface area contributed by atoms with Gasteiger partial charge in [0.1, 0.15) is 0 Å². The van der Waals surface area contributed by atoms with Gasteiger partial charge in [0.2, 0.25) is 0 Å². The maximum absolute atomic E-state index is 3.60. The third kappa shape index (κ3) is 5.60. The van der Waals surface area contributed by atoms with Gasteiger partial charge >= 0.3 is 0 Å². The average molecular weight is 370 g/mol. The van der Waals surface area contributed by atoms with Crippen LogP contribution in [0, 0.1) is 0 Å². The van der Waals surface area contributed by atoms with E-state index in [1.807, 2.05) is 23.1 Å². The molecule has 0 aliphatic carbocycles. The molecule has 2 rings (SSSR count). The minimum atomic E-state index is 0.575. The molecule has 0 amide bonds. The normalized spacial score (nSPS) is 12.5. The Morgan fingerprint density at radius 3 is 2.90 bits per heavy atom. The molecule has 0 aliphatic rings. The Labute approximate surface area is 138 Å². The van der Waals surface area contributed by atoms with Crippen molar-refractivity contribution >= 4 is 39.0 Å². The monoisotopic (exact) mass is 369 g/mol. The van der Waals surface area contributed by atoms with Crippen LogP contribution in [0.4, 0.5) is 0 Å². The van der Waals surface area contributed by atoms with Crippen LogP contribution in [0.1, 0.15) is 18.2 Å². The molecule has 1 N–H and O–H groups in total. The van der Waals surface area contributed by atoms with Crippen molar-refractivity contribution in [2.75, 3.05) is 12.3 Å². The maximum atomic E-state index is 3.60. The van der Waals surface area contributed by atoms with Gasteiger partial charge in [-0.05, 0) is 49.0 Å². The highest BCUT2D eigenvalue weighted by Gasteiger charge is 2.09. The summed E-state index contributed by atoms with van der Waals surface area (Å²) in [5, 5.41) is 5.76. The number of halogens is 1. The molecule has 1 nitrogen and oxygen atoms in total. The zero-order valence-corrected chi connectivity index (χ0v) is 14.9. The molecule has 0 bridgehead atoms. The van der Waals surface area contributed by atoms with Crippen LogP contribution in [0.5, 0.6) is 0 Å². The van der Waals surface area contributed by atoms with Crippen molar-refractivity contribution in [2.45, 2.75) is 30.7 Å². The molecule has 1 aromatic carbocycles. The highest BCUT2D eigenvalue weighted by Crippen LogP contribution is 2.23. The highest BCUT2D eigenvalue weighted by molar-refractivity contribution is 9.10. The second-order valence-corrected chi connectivity index (χ2v) is 7.68. The van der Waals surface area contributed by atoms with Crippen LogP contribution in [0.2, 0.25) is 0 Å². The Balaban J connectivity index is 1.82. The molecular weight excluding hydrogens is 350 g/mol. The van der Waals surface area contributed by atoms with Crippen LogP contribution in [0.15, 0.2) is 51.1 Å². The number of nitrogens with one attached hydrogen (secondary N) is 1. The standard InChI is InChI=1S/C16H20BrNS2/c1-2-18-14(8-9-15-7-4-10-19-15)12-20-16-6-3-5-13(17)11-16/h3-7,10-11,14,18H,2,8-9,12H2,1H3. The lowest BCUT2D eigenvalue weighted by molar-refractivity contribution is 0.539. The summed E-state index contributed by atoms with van der Waals surface area (Å²) in [6, 6.07) is 13.5. The van der Waals surface area contributed by atoms with Gasteiger partial charge in [-0.3, -0.25) is 0 Å². The average Bonchev–Trinajstić information content (AvgIpc) is 2.95. The number of aryl methyl sites for hydroxylation is 1. The van der Waals surface area contributed by atoms with E-state index in [-0.39, 0.29) is 0 Å². The van der Waals surface area contributed by atoms with Crippen LogP contribution in [-0.2, 0) is 6.42 Å². The molecule has 0 saturated carbocycles. The van der Waals surface area contributed by atoms with Crippen molar-refractivity contribution < 1.29 is 0 Å². The third-order valence-corrected chi connectivity index (χ3v) is 5.65. The van der Waals surface area contributed by atoms with E-state index < -0.39 is 0 Å². The van der Waals surface area contributed by atoms with Crippen molar-refractivity contribution in [3.05, 3.63) is 51.1 Å². The highest BCUT2D eigenvalue weighted by atomic mass is 79.9. The van der Waals surface area contributed by atoms with E-state index >= 15 is 0 Å². The predicted molar refractivity (Wildman–Crippen MR) is 95.0 cm³/mol. The Hall–Kier alpha value is -0.290. The first-order valence-electron chi connectivity index (χ1n) is 6.92. The molecule has 1 aromatic heterocycles. The van der Waals surface area contributed by atoms with E-state index in [1.165, 1.54) is 22.6 Å². The van der Waals surface area contributed by atoms with E-state index in [4.69, 9.17) is 0 Å². The molecule has 0 spiro atoms. The summed E-state index contributed by atoms with van der Waals surface area (Å²) in [7, 11) is 0. The van der Waals surface area contributed by atoms with Gasteiger partial charge in [0, 0.05) is 26.0 Å². The van der Waals surface area contributed by atoms with Gasteiger partial charge in [-0.15, -0.1) is 23.1 Å². The van der Waals surface area contributed by atoms with Crippen molar-refractivity contribution in [1.82, 2.24) is 5.32 Å². The van der Waals surface area contributed by atoms with E-state index in [9.17, 15) is 0 Å². The molecule has 1 unspecified atom stereocenters. The quantitative estimate of drug-likeness (QED) is 0.640. The Kier molecular flexibility index (Phi) is 7.14. The van der Waals surface area contributed by atoms with E-state index in [2.05, 4.69) is 69.9 Å². The second-order valence-electron chi connectivity index (χ2n) is 4.64. The second kappa shape index (κ2) is 8.88. The summed E-state index contributed by atoms with van der Waals surface area (Å²) in [6.07, 6.45) is 2.38. The molecule has 1 heterocycles. The lowest BCUT2D eigenvalue weighted by Gasteiger charge is -2.17. The van der Waals surface area contributed by atoms with Crippen LogP contribution in [0.25, 0.3) is 0 Å². The summed E-state index contributed by atoms with van der Waals surface area (Å²) < 4.78 is 1.15. The summed E-state index contributed by atoms with van der Waals surface area (Å²) >= 11 is 7.32. The van der Waals surface area contributed by atoms with Gasteiger partial charge in [-0.25, -0.2) is 0 Å². The van der Waals surface area contributed by atoms with Crippen LogP contribution >= 0.6 is 39.0 Å². The molecule has 4 heteroatoms. The topological polar surface area (TPSA) is 12.0 Å². The number of thioether (sulfide) groups is 1. The molecule has 2 aromatic rings. The van der Waals surface area contributed by atoms with Crippen molar-refractivity contribution in [3.8, 4) is 0 Å². The Morgan fingerprint density at radius 2 is 2.20 bits per heavy atom. The summed E-state index contributed by atoms with van der Waals surface area (Å²) in [4.78, 5) is 2.82. The predicted octanol–water partition coefficient (Wildman–Crippen LogP) is 5.21. The van der Waals surface area contributed by atoms with Crippen molar-refractivity contribution in [3.63, 3.8) is 0 Å². The molecule has 108 valence electrons. The van der Waals surface area contributed by atoms with Crippen molar-refractivity contribution in [1.29, 1.82) is 0 Å². The minimum absolute atomic E-state index is 0.575. The summed E-state index contributed by atoms with van der Waals surface area (Å²) in [6.45, 7) is 3.22. The lowest BCUT2D eigenvalue weighted by Crippen LogP contribution is -2.31. The fourth-order valence-corrected chi connectivity index (χ4v) is 4.40. The van der Waals surface area contributed by atoms with Crippen LogP contribution in [0.3, 0.4) is 0 Å². The zero-order valence-electron chi connectivity index (χ0n) is 11.6. The SMILES string of the molecule is CCNC(CCc1cccs1)CSc1cccc(Br)c1. The zero-order chi connectivity index (χ0) is 14.2. The molecule has 20 heavy (non-hydrogen) atoms.